The first-order valence-corrected chi connectivity index (χ1v) is 15.4. The van der Waals surface area contributed by atoms with E-state index in [9.17, 15) is 19.6 Å². The number of H-pyrrole nitrogens is 1. The number of aromatic nitrogens is 4. The number of tetrazole rings is 1. The number of piperidine rings is 1. The minimum absolute atomic E-state index is 0.0602. The smallest absolute Gasteiger partial charge is 0.251 e. The van der Waals surface area contributed by atoms with E-state index in [-0.39, 0.29) is 36.3 Å². The maximum absolute atomic E-state index is 13.2. The molecule has 2 heterocycles. The number of carbonyl (C=O) groups excluding carboxylic acids is 3. The third kappa shape index (κ3) is 5.21. The standard InChI is InChI=1S/C32H37N9O3/c1-3-35-29(43)21-7-9-25-19(13-21)5-6-20-14-22(30(44)36-4-2)8-10-26(20)32(25,31-37-39-40-38-31)11-12-34-18-28(42)41-24(17-33)15-23-16-27(23)41/h7-10,13-14,23-24,27,34H,3-6,11-12,15-16,18H2,1-2H3,(H,35,43)(H,36,44)(H,37,38,39,40)/t23-,24+,27+/m1/s1. The Labute approximate surface area is 256 Å². The van der Waals surface area contributed by atoms with Crippen molar-refractivity contribution < 1.29 is 14.4 Å². The average Bonchev–Trinajstić information content (AvgIpc) is 3.42. The van der Waals surface area contributed by atoms with Crippen LogP contribution in [0.4, 0.5) is 0 Å². The number of aromatic amines is 1. The fraction of sp³-hybridized carbons (Fsp3) is 0.469. The van der Waals surface area contributed by atoms with Crippen LogP contribution in [0, 0.1) is 17.2 Å². The van der Waals surface area contributed by atoms with Crippen LogP contribution in [-0.4, -0.2) is 81.5 Å². The Morgan fingerprint density at radius 1 is 1.00 bits per heavy atom. The van der Waals surface area contributed by atoms with Crippen molar-refractivity contribution in [2.75, 3.05) is 26.2 Å². The summed E-state index contributed by atoms with van der Waals surface area (Å²) in [6, 6.07) is 13.6. The lowest BCUT2D eigenvalue weighted by atomic mass is 9.69. The van der Waals surface area contributed by atoms with E-state index in [0.717, 1.165) is 35.1 Å². The summed E-state index contributed by atoms with van der Waals surface area (Å²) in [6.07, 6.45) is 3.52. The third-order valence-corrected chi connectivity index (χ3v) is 9.21. The molecular weight excluding hydrogens is 558 g/mol. The van der Waals surface area contributed by atoms with Gasteiger partial charge in [0.25, 0.3) is 11.8 Å². The molecule has 6 rings (SSSR count). The molecule has 3 aromatic rings. The van der Waals surface area contributed by atoms with Crippen molar-refractivity contribution in [1.29, 1.82) is 5.26 Å². The number of amides is 3. The van der Waals surface area contributed by atoms with Crippen LogP contribution in [0.5, 0.6) is 0 Å². The second kappa shape index (κ2) is 12.2. The van der Waals surface area contributed by atoms with Gasteiger partial charge in [-0.05, 0) is 105 Å². The van der Waals surface area contributed by atoms with Crippen molar-refractivity contribution >= 4 is 17.7 Å². The Kier molecular flexibility index (Phi) is 8.14. The maximum atomic E-state index is 13.2. The van der Waals surface area contributed by atoms with E-state index in [0.29, 0.717) is 61.8 Å². The molecule has 3 aliphatic rings. The van der Waals surface area contributed by atoms with Crippen LogP contribution in [0.15, 0.2) is 36.4 Å². The van der Waals surface area contributed by atoms with Crippen molar-refractivity contribution in [1.82, 2.24) is 41.5 Å². The highest BCUT2D eigenvalue weighted by molar-refractivity contribution is 5.95. The van der Waals surface area contributed by atoms with Gasteiger partial charge in [-0.15, -0.1) is 10.2 Å². The summed E-state index contributed by atoms with van der Waals surface area (Å²) in [7, 11) is 0. The van der Waals surface area contributed by atoms with Crippen LogP contribution in [0.2, 0.25) is 0 Å². The van der Waals surface area contributed by atoms with Crippen molar-refractivity contribution in [3.05, 3.63) is 75.6 Å². The van der Waals surface area contributed by atoms with Crippen LogP contribution < -0.4 is 16.0 Å². The number of nitrogens with one attached hydrogen (secondary N) is 4. The predicted molar refractivity (Wildman–Crippen MR) is 161 cm³/mol. The number of hydrogen-bond acceptors (Lipinski definition) is 8. The Balaban J connectivity index is 1.37. The molecular formula is C32H37N9O3. The first kappa shape index (κ1) is 29.4. The molecule has 0 radical (unpaired) electrons. The zero-order valence-electron chi connectivity index (χ0n) is 25.0. The quantitative estimate of drug-likeness (QED) is 0.256. The molecule has 12 heteroatoms. The second-order valence-electron chi connectivity index (χ2n) is 11.8. The number of nitriles is 1. The molecule has 0 bridgehead atoms. The predicted octanol–water partition coefficient (Wildman–Crippen LogP) is 1.62. The van der Waals surface area contributed by atoms with Gasteiger partial charge in [-0.2, -0.15) is 10.5 Å². The summed E-state index contributed by atoms with van der Waals surface area (Å²) in [5, 5.41) is 34.2. The van der Waals surface area contributed by atoms with Gasteiger partial charge in [-0.1, -0.05) is 17.3 Å². The third-order valence-electron chi connectivity index (χ3n) is 9.21. The number of benzene rings is 2. The van der Waals surface area contributed by atoms with E-state index in [2.05, 4.69) is 42.6 Å². The largest absolute Gasteiger partial charge is 0.352 e. The number of aryl methyl sites for hydroxylation is 2. The SMILES string of the molecule is CCNC(=O)c1ccc2c(c1)CCc1cc(C(=O)NCC)ccc1C2(CCNCC(=O)N1[C@H](C#N)C[C@@H]2C[C@@H]21)c1nn[nH]n1. The molecule has 228 valence electrons. The van der Waals surface area contributed by atoms with Crippen LogP contribution in [0.25, 0.3) is 0 Å². The highest BCUT2D eigenvalue weighted by Gasteiger charge is 2.54. The average molecular weight is 596 g/mol. The van der Waals surface area contributed by atoms with Gasteiger partial charge >= 0.3 is 0 Å². The molecule has 2 aliphatic carbocycles. The second-order valence-corrected chi connectivity index (χ2v) is 11.8. The molecule has 1 aromatic heterocycles. The number of rotatable bonds is 10. The van der Waals surface area contributed by atoms with Crippen LogP contribution >= 0.6 is 0 Å². The van der Waals surface area contributed by atoms with Gasteiger partial charge in [0.2, 0.25) is 5.91 Å². The van der Waals surface area contributed by atoms with E-state index in [4.69, 9.17) is 0 Å². The van der Waals surface area contributed by atoms with E-state index >= 15 is 0 Å². The molecule has 3 amide bonds. The van der Waals surface area contributed by atoms with Gasteiger partial charge in [0.1, 0.15) is 6.04 Å². The van der Waals surface area contributed by atoms with Crippen molar-refractivity contribution in [2.24, 2.45) is 5.92 Å². The van der Waals surface area contributed by atoms with Gasteiger partial charge in [-0.25, -0.2) is 0 Å². The van der Waals surface area contributed by atoms with Crippen molar-refractivity contribution in [2.45, 2.75) is 63.5 Å². The normalized spacial score (nSPS) is 20.8. The molecule has 4 N–H and O–H groups in total. The highest BCUT2D eigenvalue weighted by Crippen LogP contribution is 2.48. The van der Waals surface area contributed by atoms with E-state index in [1.54, 1.807) is 4.90 Å². The molecule has 0 unspecified atom stereocenters. The molecule has 1 aliphatic heterocycles. The highest BCUT2D eigenvalue weighted by atomic mass is 16.2. The molecule has 2 fully saturated rings. The first-order chi connectivity index (χ1) is 21.4. The van der Waals surface area contributed by atoms with E-state index < -0.39 is 5.41 Å². The number of likely N-dealkylation sites (tertiary alicyclic amines) is 1. The summed E-state index contributed by atoms with van der Waals surface area (Å²) in [5.74, 6) is 0.581. The van der Waals surface area contributed by atoms with E-state index in [1.807, 2.05) is 50.2 Å². The fourth-order valence-corrected chi connectivity index (χ4v) is 7.11. The molecule has 1 saturated heterocycles. The lowest BCUT2D eigenvalue weighted by molar-refractivity contribution is -0.131. The van der Waals surface area contributed by atoms with Crippen LogP contribution in [-0.2, 0) is 23.1 Å². The molecule has 1 saturated carbocycles. The number of nitrogens with zero attached hydrogens (tertiary/aromatic N) is 5. The Morgan fingerprint density at radius 3 is 2.18 bits per heavy atom. The van der Waals surface area contributed by atoms with Crippen LogP contribution in [0.3, 0.4) is 0 Å². The van der Waals surface area contributed by atoms with Gasteiger partial charge in [0, 0.05) is 30.3 Å². The maximum Gasteiger partial charge on any atom is 0.251 e. The molecule has 3 atom stereocenters. The lowest BCUT2D eigenvalue weighted by Gasteiger charge is -2.34. The minimum atomic E-state index is -0.881. The van der Waals surface area contributed by atoms with Crippen LogP contribution in [0.1, 0.15) is 81.9 Å². The van der Waals surface area contributed by atoms with Gasteiger partial charge < -0.3 is 20.9 Å². The van der Waals surface area contributed by atoms with Crippen molar-refractivity contribution in [3.8, 4) is 6.07 Å². The molecule has 44 heavy (non-hydrogen) atoms. The Morgan fingerprint density at radius 2 is 1.64 bits per heavy atom. The summed E-state index contributed by atoms with van der Waals surface area (Å²) < 4.78 is 0. The molecule has 0 spiro atoms. The molecule has 2 aromatic carbocycles. The zero-order valence-corrected chi connectivity index (χ0v) is 25.0. The monoisotopic (exact) mass is 595 g/mol. The first-order valence-electron chi connectivity index (χ1n) is 15.4. The summed E-state index contributed by atoms with van der Waals surface area (Å²) >= 11 is 0. The number of fused-ring (bicyclic) bond motifs is 3. The summed E-state index contributed by atoms with van der Waals surface area (Å²) in [4.78, 5) is 40.5. The van der Waals surface area contributed by atoms with Gasteiger partial charge in [0.15, 0.2) is 5.82 Å². The number of carbonyl (C=O) groups is 3. The van der Waals surface area contributed by atoms with Gasteiger partial charge in [0.05, 0.1) is 18.0 Å². The molecule has 12 nitrogen and oxygen atoms in total. The summed E-state index contributed by atoms with van der Waals surface area (Å²) in [5.41, 5.74) is 4.14. The topological polar surface area (TPSA) is 169 Å². The Hall–Kier alpha value is -4.63. The zero-order chi connectivity index (χ0) is 30.8. The lowest BCUT2D eigenvalue weighted by Crippen LogP contribution is -2.44. The number of hydrogen-bond donors (Lipinski definition) is 4. The van der Waals surface area contributed by atoms with Gasteiger partial charge in [-0.3, -0.25) is 14.4 Å². The Bertz CT molecular complexity index is 1540. The minimum Gasteiger partial charge on any atom is -0.352 e. The fourth-order valence-electron chi connectivity index (χ4n) is 7.11. The van der Waals surface area contributed by atoms with Crippen molar-refractivity contribution in [3.63, 3.8) is 0 Å². The van der Waals surface area contributed by atoms with E-state index in [1.165, 1.54) is 0 Å². The summed E-state index contributed by atoms with van der Waals surface area (Å²) in [6.45, 7) is 5.38.